The molecule has 0 radical (unpaired) electrons. The number of nitrogens with zero attached hydrogens (tertiary/aromatic N) is 1. The van der Waals surface area contributed by atoms with E-state index in [1.165, 1.54) is 42.8 Å². The highest BCUT2D eigenvalue weighted by molar-refractivity contribution is 7.89. The van der Waals surface area contributed by atoms with Crippen molar-refractivity contribution in [1.29, 1.82) is 0 Å². The molecule has 1 fully saturated rings. The van der Waals surface area contributed by atoms with Crippen LogP contribution in [0.5, 0.6) is 11.5 Å². The van der Waals surface area contributed by atoms with E-state index < -0.39 is 21.8 Å². The molecule has 31 heavy (non-hydrogen) atoms. The number of methoxy groups -OCH3 is 2. The summed E-state index contributed by atoms with van der Waals surface area (Å²) in [6.45, 7) is 0.355. The highest BCUT2D eigenvalue weighted by Gasteiger charge is 2.35. The monoisotopic (exact) mass is 447 g/mol. The molecule has 10 heteroatoms. The van der Waals surface area contributed by atoms with E-state index in [-0.39, 0.29) is 23.1 Å². The van der Waals surface area contributed by atoms with Gasteiger partial charge < -0.3 is 20.5 Å². The summed E-state index contributed by atoms with van der Waals surface area (Å²) in [7, 11) is -1.04. The number of benzene rings is 2. The van der Waals surface area contributed by atoms with E-state index >= 15 is 0 Å². The second kappa shape index (κ2) is 9.36. The van der Waals surface area contributed by atoms with Gasteiger partial charge >= 0.3 is 0 Å². The fourth-order valence-electron chi connectivity index (χ4n) is 3.46. The Hall–Kier alpha value is -3.11. The fourth-order valence-corrected chi connectivity index (χ4v) is 5.16. The standard InChI is InChI=1S/C21H25N3O6S/c1-29-17-9-10-18(30-2)19(12-17)31(27,28)24-11-3-4-15(13-24)21(26)23-16-7-5-14(6-8-16)20(22)25/h5-10,12,15H,3-4,11,13H2,1-2H3,(H2,22,25)(H,23,26)/t15-/m0/s1. The van der Waals surface area contributed by atoms with Crippen LogP contribution in [-0.4, -0.2) is 51.8 Å². The fraction of sp³-hybridized carbons (Fsp3) is 0.333. The Bertz CT molecular complexity index is 1070. The number of amides is 2. The molecule has 0 spiro atoms. The molecule has 2 amide bonds. The Labute approximate surface area is 181 Å². The summed E-state index contributed by atoms with van der Waals surface area (Å²) >= 11 is 0. The van der Waals surface area contributed by atoms with Gasteiger partial charge in [-0.05, 0) is 49.2 Å². The molecule has 1 heterocycles. The summed E-state index contributed by atoms with van der Waals surface area (Å²) in [5.74, 6) is -0.758. The zero-order valence-corrected chi connectivity index (χ0v) is 18.1. The highest BCUT2D eigenvalue weighted by atomic mass is 32.2. The lowest BCUT2D eigenvalue weighted by Gasteiger charge is -2.31. The molecule has 0 saturated carbocycles. The number of carbonyl (C=O) groups excluding carboxylic acids is 2. The molecule has 1 saturated heterocycles. The molecule has 0 aromatic heterocycles. The van der Waals surface area contributed by atoms with Crippen molar-refractivity contribution in [2.45, 2.75) is 17.7 Å². The molecule has 0 unspecified atom stereocenters. The van der Waals surface area contributed by atoms with Gasteiger partial charge in [-0.25, -0.2) is 8.42 Å². The van der Waals surface area contributed by atoms with E-state index in [4.69, 9.17) is 15.2 Å². The Balaban J connectivity index is 1.76. The molecule has 1 atom stereocenters. The number of carbonyl (C=O) groups is 2. The topological polar surface area (TPSA) is 128 Å². The minimum absolute atomic E-state index is 0.00236. The highest BCUT2D eigenvalue weighted by Crippen LogP contribution is 2.32. The molecule has 3 rings (SSSR count). The maximum Gasteiger partial charge on any atom is 0.248 e. The minimum Gasteiger partial charge on any atom is -0.497 e. The smallest absolute Gasteiger partial charge is 0.248 e. The van der Waals surface area contributed by atoms with Crippen LogP contribution in [0.3, 0.4) is 0 Å². The van der Waals surface area contributed by atoms with Gasteiger partial charge in [-0.2, -0.15) is 4.31 Å². The lowest BCUT2D eigenvalue weighted by atomic mass is 9.98. The van der Waals surface area contributed by atoms with Gasteiger partial charge in [-0.3, -0.25) is 9.59 Å². The first kappa shape index (κ1) is 22.6. The number of sulfonamides is 1. The van der Waals surface area contributed by atoms with Crippen LogP contribution in [0, 0.1) is 5.92 Å². The van der Waals surface area contributed by atoms with Crippen LogP contribution in [0.2, 0.25) is 0 Å². The zero-order chi connectivity index (χ0) is 22.6. The largest absolute Gasteiger partial charge is 0.497 e. The molecule has 2 aromatic rings. The predicted octanol–water partition coefficient (Wildman–Crippen LogP) is 1.84. The molecule has 1 aliphatic rings. The van der Waals surface area contributed by atoms with Crippen LogP contribution in [0.1, 0.15) is 23.2 Å². The van der Waals surface area contributed by atoms with Crippen molar-refractivity contribution >= 4 is 27.5 Å². The number of ether oxygens (including phenoxy) is 2. The molecule has 1 aliphatic heterocycles. The van der Waals surface area contributed by atoms with Gasteiger partial charge in [0, 0.05) is 30.4 Å². The molecule has 3 N–H and O–H groups in total. The summed E-state index contributed by atoms with van der Waals surface area (Å²) in [6.07, 6.45) is 1.11. The minimum atomic E-state index is -3.89. The third-order valence-corrected chi connectivity index (χ3v) is 7.07. The van der Waals surface area contributed by atoms with E-state index in [0.717, 1.165) is 0 Å². The van der Waals surface area contributed by atoms with Crippen molar-refractivity contribution in [3.63, 3.8) is 0 Å². The lowest BCUT2D eigenvalue weighted by Crippen LogP contribution is -2.43. The maximum absolute atomic E-state index is 13.3. The van der Waals surface area contributed by atoms with E-state index in [9.17, 15) is 18.0 Å². The average Bonchev–Trinajstić information content (AvgIpc) is 2.79. The second-order valence-corrected chi connectivity index (χ2v) is 9.06. The zero-order valence-electron chi connectivity index (χ0n) is 17.3. The van der Waals surface area contributed by atoms with Crippen molar-refractivity contribution in [2.75, 3.05) is 32.6 Å². The number of primary amides is 1. The van der Waals surface area contributed by atoms with Crippen molar-refractivity contribution in [3.8, 4) is 11.5 Å². The number of nitrogens with two attached hydrogens (primary N) is 1. The first-order chi connectivity index (χ1) is 14.8. The van der Waals surface area contributed by atoms with Crippen LogP contribution >= 0.6 is 0 Å². The summed E-state index contributed by atoms with van der Waals surface area (Å²) in [5.41, 5.74) is 6.06. The van der Waals surface area contributed by atoms with Gasteiger partial charge in [0.25, 0.3) is 0 Å². The van der Waals surface area contributed by atoms with Gasteiger partial charge in [0.2, 0.25) is 21.8 Å². The maximum atomic E-state index is 13.3. The quantitative estimate of drug-likeness (QED) is 0.667. The number of hydrogen-bond donors (Lipinski definition) is 2. The Morgan fingerprint density at radius 3 is 2.42 bits per heavy atom. The number of nitrogens with one attached hydrogen (secondary N) is 1. The van der Waals surface area contributed by atoms with E-state index in [1.807, 2.05) is 0 Å². The normalized spacial score (nSPS) is 17.0. The van der Waals surface area contributed by atoms with Gasteiger partial charge in [-0.1, -0.05) is 0 Å². The molecule has 9 nitrogen and oxygen atoms in total. The number of piperidine rings is 1. The Kier molecular flexibility index (Phi) is 6.81. The van der Waals surface area contributed by atoms with E-state index in [2.05, 4.69) is 5.32 Å². The van der Waals surface area contributed by atoms with Crippen molar-refractivity contribution < 1.29 is 27.5 Å². The van der Waals surface area contributed by atoms with Crippen LogP contribution in [0.15, 0.2) is 47.4 Å². The summed E-state index contributed by atoms with van der Waals surface area (Å²) < 4.78 is 38.2. The Morgan fingerprint density at radius 1 is 1.10 bits per heavy atom. The Morgan fingerprint density at radius 2 is 1.81 bits per heavy atom. The number of hydrogen-bond acceptors (Lipinski definition) is 6. The van der Waals surface area contributed by atoms with Gasteiger partial charge in [-0.15, -0.1) is 0 Å². The van der Waals surface area contributed by atoms with Crippen LogP contribution in [0.4, 0.5) is 5.69 Å². The van der Waals surface area contributed by atoms with Crippen LogP contribution < -0.4 is 20.5 Å². The molecular formula is C21H25N3O6S. The first-order valence-electron chi connectivity index (χ1n) is 9.69. The van der Waals surface area contributed by atoms with Gasteiger partial charge in [0.1, 0.15) is 16.4 Å². The third-order valence-electron chi connectivity index (χ3n) is 5.18. The van der Waals surface area contributed by atoms with Crippen molar-refractivity contribution in [3.05, 3.63) is 48.0 Å². The lowest BCUT2D eigenvalue weighted by molar-refractivity contribution is -0.120. The van der Waals surface area contributed by atoms with Crippen molar-refractivity contribution in [2.24, 2.45) is 11.7 Å². The average molecular weight is 448 g/mol. The van der Waals surface area contributed by atoms with Gasteiger partial charge in [0.15, 0.2) is 0 Å². The van der Waals surface area contributed by atoms with Gasteiger partial charge in [0.05, 0.1) is 20.1 Å². The molecule has 0 aliphatic carbocycles. The summed E-state index contributed by atoms with van der Waals surface area (Å²) in [5, 5.41) is 2.77. The number of rotatable bonds is 7. The molecular weight excluding hydrogens is 422 g/mol. The summed E-state index contributed by atoms with van der Waals surface area (Å²) in [6, 6.07) is 10.8. The van der Waals surface area contributed by atoms with Crippen molar-refractivity contribution in [1.82, 2.24) is 4.31 Å². The molecule has 0 bridgehead atoms. The van der Waals surface area contributed by atoms with Crippen LogP contribution in [-0.2, 0) is 14.8 Å². The molecule has 166 valence electrons. The van der Waals surface area contributed by atoms with Crippen LogP contribution in [0.25, 0.3) is 0 Å². The third kappa shape index (κ3) is 4.97. The van der Waals surface area contributed by atoms with E-state index in [1.54, 1.807) is 18.2 Å². The number of anilines is 1. The second-order valence-electron chi connectivity index (χ2n) is 7.15. The van der Waals surface area contributed by atoms with E-state index in [0.29, 0.717) is 36.4 Å². The summed E-state index contributed by atoms with van der Waals surface area (Å²) in [4.78, 5) is 23.9. The SMILES string of the molecule is COc1ccc(OC)c(S(=O)(=O)N2CCC[C@H](C(=O)Nc3ccc(C(N)=O)cc3)C2)c1. The predicted molar refractivity (Wildman–Crippen MR) is 115 cm³/mol. The first-order valence-corrected chi connectivity index (χ1v) is 11.1. The molecule has 2 aromatic carbocycles.